The molecule has 3 aromatic heterocycles. The fourth-order valence-corrected chi connectivity index (χ4v) is 4.12. The number of nitrogens with zero attached hydrogens (tertiary/aromatic N) is 8. The molecule has 0 N–H and O–H groups in total. The number of aromatic nitrogens is 8. The van der Waals surface area contributed by atoms with Gasteiger partial charge in [-0.15, -0.1) is 0 Å². The fourth-order valence-electron chi connectivity index (χ4n) is 2.40. The van der Waals surface area contributed by atoms with Gasteiger partial charge in [0.1, 0.15) is 0 Å². The van der Waals surface area contributed by atoms with Gasteiger partial charge in [0.15, 0.2) is 0 Å². The number of para-hydroxylation sites is 1. The number of tetrazole rings is 1. The molecule has 120 valence electrons. The molecule has 0 unspecified atom stereocenters. The Kier molecular flexibility index (Phi) is 4.02. The number of benzene rings is 1. The zero-order chi connectivity index (χ0) is 16.4. The Morgan fingerprint density at radius 1 is 1.08 bits per heavy atom. The molecule has 0 saturated heterocycles. The third kappa shape index (κ3) is 2.68. The topological polar surface area (TPSA) is 87.2 Å². The number of aryl methyl sites for hydroxylation is 1. The Hall–Kier alpha value is -2.64. The zero-order valence-corrected chi connectivity index (χ0v) is 14.7. The number of imidazole rings is 1. The summed E-state index contributed by atoms with van der Waals surface area (Å²) in [4.78, 5) is 13.3. The minimum atomic E-state index is -0.175. The normalized spacial score (nSPS) is 11.2. The van der Waals surface area contributed by atoms with Crippen LogP contribution in [0.3, 0.4) is 0 Å². The van der Waals surface area contributed by atoms with E-state index in [9.17, 15) is 0 Å². The van der Waals surface area contributed by atoms with Crippen molar-refractivity contribution >= 4 is 35.4 Å². The van der Waals surface area contributed by atoms with Crippen molar-refractivity contribution in [1.82, 2.24) is 39.7 Å². The van der Waals surface area contributed by atoms with Crippen LogP contribution in [0.5, 0.6) is 0 Å². The average Bonchev–Trinajstić information content (AvgIpc) is 3.24. The first kappa shape index (κ1) is 14.9. The van der Waals surface area contributed by atoms with Crippen LogP contribution in [0.2, 0.25) is 0 Å². The van der Waals surface area contributed by atoms with E-state index >= 15 is 0 Å². The predicted octanol–water partition coefficient (Wildman–Crippen LogP) is -0.133. The number of fused-ring (bicyclic) bond motifs is 1. The van der Waals surface area contributed by atoms with Gasteiger partial charge in [0.25, 0.3) is 0 Å². The third-order valence-electron chi connectivity index (χ3n) is 3.46. The number of rotatable bonds is 5. The van der Waals surface area contributed by atoms with Gasteiger partial charge in [0.05, 0.1) is 0 Å². The summed E-state index contributed by atoms with van der Waals surface area (Å²) >= 11 is -0.175. The fraction of sp³-hybridized carbons (Fsp3) is 0.200. The van der Waals surface area contributed by atoms with Crippen molar-refractivity contribution in [2.24, 2.45) is 0 Å². The van der Waals surface area contributed by atoms with Crippen molar-refractivity contribution in [2.45, 2.75) is 19.9 Å². The second kappa shape index (κ2) is 6.46. The Morgan fingerprint density at radius 2 is 1.96 bits per heavy atom. The second-order valence-electron chi connectivity index (χ2n) is 5.10. The van der Waals surface area contributed by atoms with E-state index in [1.54, 1.807) is 11.0 Å². The van der Waals surface area contributed by atoms with Crippen LogP contribution in [0.1, 0.15) is 13.3 Å². The van der Waals surface area contributed by atoms with Gasteiger partial charge in [0.2, 0.25) is 0 Å². The van der Waals surface area contributed by atoms with Crippen molar-refractivity contribution in [3.05, 3.63) is 43.0 Å². The molecule has 0 bridgehead atoms. The van der Waals surface area contributed by atoms with Gasteiger partial charge in [-0.2, -0.15) is 0 Å². The molecule has 0 spiro atoms. The quantitative estimate of drug-likeness (QED) is 0.445. The number of hydrogen-bond acceptors (Lipinski definition) is 6. The first-order valence-electron chi connectivity index (χ1n) is 7.54. The standard InChI is InChI=1S/C15H14N8Se/c1-2-8-22-10-18-12-13(22)16-9-17-14(12)24-15-19-20-21-23(15)11-6-4-3-5-7-11/h3-7,9-10H,2,8H2,1H3. The van der Waals surface area contributed by atoms with Gasteiger partial charge in [-0.1, -0.05) is 0 Å². The van der Waals surface area contributed by atoms with Gasteiger partial charge in [-0.3, -0.25) is 0 Å². The summed E-state index contributed by atoms with van der Waals surface area (Å²) in [7, 11) is 0. The van der Waals surface area contributed by atoms with E-state index in [-0.39, 0.29) is 15.0 Å². The van der Waals surface area contributed by atoms with Crippen LogP contribution >= 0.6 is 0 Å². The van der Waals surface area contributed by atoms with Gasteiger partial charge in [-0.25, -0.2) is 0 Å². The summed E-state index contributed by atoms with van der Waals surface area (Å²) in [6.07, 6.45) is 4.44. The van der Waals surface area contributed by atoms with Crippen molar-refractivity contribution in [3.8, 4) is 5.69 Å². The monoisotopic (exact) mass is 386 g/mol. The zero-order valence-electron chi connectivity index (χ0n) is 12.9. The van der Waals surface area contributed by atoms with E-state index in [0.29, 0.717) is 0 Å². The Labute approximate surface area is 144 Å². The summed E-state index contributed by atoms with van der Waals surface area (Å²) in [6.45, 7) is 3.02. The molecule has 4 aromatic rings. The number of hydrogen-bond donors (Lipinski definition) is 0. The first-order chi connectivity index (χ1) is 11.9. The maximum atomic E-state index is 4.50. The van der Waals surface area contributed by atoms with E-state index in [4.69, 9.17) is 0 Å². The molecule has 8 nitrogen and oxygen atoms in total. The van der Waals surface area contributed by atoms with Crippen LogP contribution in [-0.4, -0.2) is 54.7 Å². The van der Waals surface area contributed by atoms with Gasteiger partial charge < -0.3 is 0 Å². The van der Waals surface area contributed by atoms with Crippen LogP contribution in [-0.2, 0) is 6.54 Å². The van der Waals surface area contributed by atoms with E-state index in [2.05, 4.69) is 42.0 Å². The molecule has 4 rings (SSSR count). The SMILES string of the molecule is CCCn1cnc2c([Se]c3nnnn3-c3ccccc3)ncnc21. The Morgan fingerprint density at radius 3 is 2.79 bits per heavy atom. The van der Waals surface area contributed by atoms with Crippen LogP contribution in [0.15, 0.2) is 43.0 Å². The van der Waals surface area contributed by atoms with Gasteiger partial charge >= 0.3 is 144 Å². The minimum absolute atomic E-state index is 0.175. The Balaban J connectivity index is 1.72. The average molecular weight is 385 g/mol. The predicted molar refractivity (Wildman–Crippen MR) is 89.8 cm³/mol. The van der Waals surface area contributed by atoms with Crippen LogP contribution in [0.25, 0.3) is 16.9 Å². The van der Waals surface area contributed by atoms with Crippen LogP contribution in [0, 0.1) is 0 Å². The summed E-state index contributed by atoms with van der Waals surface area (Å²) in [5, 5.41) is 12.1. The third-order valence-corrected chi connectivity index (χ3v) is 5.41. The molecule has 0 saturated carbocycles. The molecule has 24 heavy (non-hydrogen) atoms. The first-order valence-corrected chi connectivity index (χ1v) is 9.25. The van der Waals surface area contributed by atoms with Gasteiger partial charge in [0, 0.05) is 0 Å². The van der Waals surface area contributed by atoms with Crippen LogP contribution in [0.4, 0.5) is 0 Å². The van der Waals surface area contributed by atoms with Gasteiger partial charge in [-0.05, 0) is 0 Å². The molecule has 0 aliphatic rings. The maximum absolute atomic E-state index is 4.50. The van der Waals surface area contributed by atoms with Crippen LogP contribution < -0.4 is 9.32 Å². The van der Waals surface area contributed by atoms with E-state index in [1.165, 1.54) is 0 Å². The summed E-state index contributed by atoms with van der Waals surface area (Å²) in [5.74, 6) is 0. The molecule has 3 heterocycles. The molecule has 0 aliphatic heterocycles. The molecule has 0 atom stereocenters. The second-order valence-corrected chi connectivity index (χ2v) is 7.11. The van der Waals surface area contributed by atoms with Crippen molar-refractivity contribution < 1.29 is 0 Å². The molecule has 0 amide bonds. The summed E-state index contributed by atoms with van der Waals surface area (Å²) in [5.41, 5.74) is 2.62. The van der Waals surface area contributed by atoms with E-state index in [0.717, 1.165) is 39.1 Å². The van der Waals surface area contributed by atoms with E-state index in [1.807, 2.05) is 36.7 Å². The molecular formula is C15H14N8Se. The van der Waals surface area contributed by atoms with Crippen molar-refractivity contribution in [2.75, 3.05) is 0 Å². The molecular weight excluding hydrogens is 371 g/mol. The van der Waals surface area contributed by atoms with Crippen molar-refractivity contribution in [3.63, 3.8) is 0 Å². The molecule has 0 aliphatic carbocycles. The molecule has 0 fully saturated rings. The summed E-state index contributed by atoms with van der Waals surface area (Å²) < 4.78 is 5.46. The summed E-state index contributed by atoms with van der Waals surface area (Å²) in [6, 6.07) is 9.84. The molecule has 1 aromatic carbocycles. The van der Waals surface area contributed by atoms with E-state index < -0.39 is 0 Å². The van der Waals surface area contributed by atoms with Crippen molar-refractivity contribution in [1.29, 1.82) is 0 Å². The Bertz CT molecular complexity index is 962. The molecule has 9 heteroatoms. The molecule has 0 radical (unpaired) electrons.